The van der Waals surface area contributed by atoms with Gasteiger partial charge in [0, 0.05) is 17.0 Å². The molecular weight excluding hydrogens is 350 g/mol. The van der Waals surface area contributed by atoms with E-state index in [1.165, 1.54) is 11.3 Å². The summed E-state index contributed by atoms with van der Waals surface area (Å²) in [6, 6.07) is 9.91. The van der Waals surface area contributed by atoms with E-state index in [-0.39, 0.29) is 12.5 Å². The van der Waals surface area contributed by atoms with Gasteiger partial charge in [-0.15, -0.1) is 11.3 Å². The van der Waals surface area contributed by atoms with Crippen LogP contribution in [0, 0.1) is 5.92 Å². The van der Waals surface area contributed by atoms with Crippen LogP contribution in [0.1, 0.15) is 31.6 Å². The Morgan fingerprint density at radius 1 is 1.23 bits per heavy atom. The summed E-state index contributed by atoms with van der Waals surface area (Å²) in [7, 11) is 1.73. The number of rotatable bonds is 8. The lowest BCUT2D eigenvalue weighted by atomic mass is 10.1. The van der Waals surface area contributed by atoms with Crippen molar-refractivity contribution < 1.29 is 14.7 Å². The standard InChI is InChI=1S/C19H25N3O3S/c1-12(2)17-16(14-8-6-5-7-9-14)21-19(26-17)20-15(23)11-22(4)10-13(3)18(24)25/h5-9,12-13H,10-11H2,1-4H3,(H,24,25)(H,20,21,23). The maximum atomic E-state index is 12.3. The Bertz CT molecular complexity index is 759. The molecule has 2 N–H and O–H groups in total. The van der Waals surface area contributed by atoms with Crippen LogP contribution in [0.2, 0.25) is 0 Å². The lowest BCUT2D eigenvalue weighted by Gasteiger charge is -2.17. The molecule has 1 atom stereocenters. The molecule has 1 amide bonds. The average molecular weight is 375 g/mol. The minimum atomic E-state index is -0.869. The van der Waals surface area contributed by atoms with Crippen LogP contribution in [0.4, 0.5) is 5.13 Å². The zero-order valence-electron chi connectivity index (χ0n) is 15.5. The number of thiazole rings is 1. The normalized spacial score (nSPS) is 12.4. The summed E-state index contributed by atoms with van der Waals surface area (Å²) in [6.45, 7) is 6.26. The van der Waals surface area contributed by atoms with Gasteiger partial charge in [0.2, 0.25) is 5.91 Å². The molecule has 0 aliphatic heterocycles. The van der Waals surface area contributed by atoms with Crippen molar-refractivity contribution in [2.75, 3.05) is 25.5 Å². The molecular formula is C19H25N3O3S. The number of likely N-dealkylation sites (N-methyl/N-ethyl adjacent to an activating group) is 1. The third kappa shape index (κ3) is 5.37. The molecule has 6 nitrogen and oxygen atoms in total. The van der Waals surface area contributed by atoms with Crippen LogP contribution in [0.3, 0.4) is 0 Å². The highest BCUT2D eigenvalue weighted by Crippen LogP contribution is 2.36. The molecule has 0 spiro atoms. The first kappa shape index (κ1) is 20.1. The predicted octanol–water partition coefficient (Wildman–Crippen LogP) is 3.52. The molecule has 0 fully saturated rings. The summed E-state index contributed by atoms with van der Waals surface area (Å²) in [5.74, 6) is -1.29. The van der Waals surface area contributed by atoms with E-state index in [0.29, 0.717) is 17.6 Å². The SMILES string of the molecule is CC(CN(C)CC(=O)Nc1nc(-c2ccccc2)c(C(C)C)s1)C(=O)O. The number of carbonyl (C=O) groups excluding carboxylic acids is 1. The molecule has 7 heteroatoms. The van der Waals surface area contributed by atoms with Crippen molar-refractivity contribution in [2.24, 2.45) is 5.92 Å². The lowest BCUT2D eigenvalue weighted by molar-refractivity contribution is -0.141. The number of benzene rings is 1. The molecule has 0 aliphatic carbocycles. The van der Waals surface area contributed by atoms with E-state index in [0.717, 1.165) is 16.1 Å². The van der Waals surface area contributed by atoms with Crippen molar-refractivity contribution in [3.63, 3.8) is 0 Å². The number of hydrogen-bond donors (Lipinski definition) is 2. The van der Waals surface area contributed by atoms with E-state index in [1.54, 1.807) is 18.9 Å². The molecule has 2 rings (SSSR count). The Labute approximate surface area is 157 Å². The van der Waals surface area contributed by atoms with Gasteiger partial charge in [-0.3, -0.25) is 14.5 Å². The van der Waals surface area contributed by atoms with Crippen LogP contribution in [0.5, 0.6) is 0 Å². The number of aliphatic carboxylic acids is 1. The number of anilines is 1. The Morgan fingerprint density at radius 2 is 1.88 bits per heavy atom. The maximum Gasteiger partial charge on any atom is 0.307 e. The fraction of sp³-hybridized carbons (Fsp3) is 0.421. The van der Waals surface area contributed by atoms with E-state index in [9.17, 15) is 9.59 Å². The van der Waals surface area contributed by atoms with Gasteiger partial charge in [-0.2, -0.15) is 0 Å². The number of nitrogens with one attached hydrogen (secondary N) is 1. The summed E-state index contributed by atoms with van der Waals surface area (Å²) in [5.41, 5.74) is 1.93. The molecule has 140 valence electrons. The van der Waals surface area contributed by atoms with Gasteiger partial charge >= 0.3 is 5.97 Å². The minimum absolute atomic E-state index is 0.120. The smallest absolute Gasteiger partial charge is 0.307 e. The first-order chi connectivity index (χ1) is 12.3. The minimum Gasteiger partial charge on any atom is -0.481 e. The molecule has 0 aliphatic rings. The largest absolute Gasteiger partial charge is 0.481 e. The quantitative estimate of drug-likeness (QED) is 0.738. The van der Waals surface area contributed by atoms with Gasteiger partial charge in [0.15, 0.2) is 5.13 Å². The van der Waals surface area contributed by atoms with Gasteiger partial charge < -0.3 is 10.4 Å². The molecule has 1 heterocycles. The average Bonchev–Trinajstić information content (AvgIpc) is 2.99. The molecule has 0 saturated carbocycles. The maximum absolute atomic E-state index is 12.3. The van der Waals surface area contributed by atoms with Crippen molar-refractivity contribution in [2.45, 2.75) is 26.7 Å². The van der Waals surface area contributed by atoms with Gasteiger partial charge in [0.05, 0.1) is 18.2 Å². The number of hydrogen-bond acceptors (Lipinski definition) is 5. The highest BCUT2D eigenvalue weighted by atomic mass is 32.1. The molecule has 0 radical (unpaired) electrons. The summed E-state index contributed by atoms with van der Waals surface area (Å²) >= 11 is 1.48. The Morgan fingerprint density at radius 3 is 2.46 bits per heavy atom. The Balaban J connectivity index is 2.07. The molecule has 26 heavy (non-hydrogen) atoms. The van der Waals surface area contributed by atoms with Crippen LogP contribution < -0.4 is 5.32 Å². The predicted molar refractivity (Wildman–Crippen MR) is 105 cm³/mol. The van der Waals surface area contributed by atoms with Crippen molar-refractivity contribution in [1.82, 2.24) is 9.88 Å². The van der Waals surface area contributed by atoms with E-state index in [2.05, 4.69) is 24.1 Å². The molecule has 0 saturated heterocycles. The second-order valence-corrected chi connectivity index (χ2v) is 7.77. The van der Waals surface area contributed by atoms with Gasteiger partial charge in [-0.1, -0.05) is 51.1 Å². The second-order valence-electron chi connectivity index (χ2n) is 6.74. The lowest BCUT2D eigenvalue weighted by Crippen LogP contribution is -2.35. The van der Waals surface area contributed by atoms with Gasteiger partial charge in [-0.05, 0) is 13.0 Å². The highest BCUT2D eigenvalue weighted by molar-refractivity contribution is 7.16. The third-order valence-corrected chi connectivity index (χ3v) is 5.16. The van der Waals surface area contributed by atoms with Crippen LogP contribution >= 0.6 is 11.3 Å². The number of carboxylic acid groups (broad SMARTS) is 1. The molecule has 1 aromatic heterocycles. The zero-order chi connectivity index (χ0) is 19.3. The summed E-state index contributed by atoms with van der Waals surface area (Å²) < 4.78 is 0. The first-order valence-electron chi connectivity index (χ1n) is 8.55. The number of carboxylic acids is 1. The van der Waals surface area contributed by atoms with Crippen molar-refractivity contribution in [3.8, 4) is 11.3 Å². The molecule has 0 bridgehead atoms. The number of aromatic nitrogens is 1. The van der Waals surface area contributed by atoms with Crippen LogP contribution in [0.25, 0.3) is 11.3 Å². The number of nitrogens with zero attached hydrogens (tertiary/aromatic N) is 2. The number of carbonyl (C=O) groups is 2. The van der Waals surface area contributed by atoms with E-state index < -0.39 is 11.9 Å². The monoisotopic (exact) mass is 375 g/mol. The van der Waals surface area contributed by atoms with Crippen LogP contribution in [-0.4, -0.2) is 47.0 Å². The first-order valence-corrected chi connectivity index (χ1v) is 9.37. The summed E-state index contributed by atoms with van der Waals surface area (Å²) in [4.78, 5) is 30.6. The van der Waals surface area contributed by atoms with E-state index in [1.807, 2.05) is 30.3 Å². The summed E-state index contributed by atoms with van der Waals surface area (Å²) in [5, 5.41) is 12.4. The highest BCUT2D eigenvalue weighted by Gasteiger charge is 2.19. The van der Waals surface area contributed by atoms with Crippen molar-refractivity contribution in [1.29, 1.82) is 0 Å². The van der Waals surface area contributed by atoms with E-state index in [4.69, 9.17) is 5.11 Å². The second kappa shape index (κ2) is 8.91. The molecule has 1 aromatic carbocycles. The fourth-order valence-corrected chi connectivity index (χ4v) is 3.60. The van der Waals surface area contributed by atoms with E-state index >= 15 is 0 Å². The number of amides is 1. The zero-order valence-corrected chi connectivity index (χ0v) is 16.3. The molecule has 2 aromatic rings. The third-order valence-electron chi connectivity index (χ3n) is 3.89. The Hall–Kier alpha value is -2.25. The van der Waals surface area contributed by atoms with Crippen molar-refractivity contribution in [3.05, 3.63) is 35.2 Å². The van der Waals surface area contributed by atoms with Crippen LogP contribution in [0.15, 0.2) is 30.3 Å². The van der Waals surface area contributed by atoms with Crippen molar-refractivity contribution >= 4 is 28.3 Å². The fourth-order valence-electron chi connectivity index (χ4n) is 2.59. The van der Waals surface area contributed by atoms with Gasteiger partial charge in [-0.25, -0.2) is 4.98 Å². The topological polar surface area (TPSA) is 82.5 Å². The van der Waals surface area contributed by atoms with Gasteiger partial charge in [0.1, 0.15) is 0 Å². The molecule has 1 unspecified atom stereocenters. The van der Waals surface area contributed by atoms with Gasteiger partial charge in [0.25, 0.3) is 0 Å². The summed E-state index contributed by atoms with van der Waals surface area (Å²) in [6.07, 6.45) is 0. The Kier molecular flexibility index (Phi) is 6.88. The van der Waals surface area contributed by atoms with Crippen LogP contribution in [-0.2, 0) is 9.59 Å².